The summed E-state index contributed by atoms with van der Waals surface area (Å²) in [6.45, 7) is 23.8. The third-order valence-electron chi connectivity index (χ3n) is 14.0. The Kier molecular flexibility index (Phi) is 7.79. The van der Waals surface area contributed by atoms with Crippen LogP contribution in [-0.2, 0) is 29.2 Å². The predicted molar refractivity (Wildman–Crippen MR) is 237 cm³/mol. The largest absolute Gasteiger partial charge is 0.293 e. The molecule has 2 unspecified atom stereocenters. The Morgan fingerprint density at radius 2 is 1.47 bits per heavy atom. The maximum Gasteiger partial charge on any atom is 0.218 e. The average Bonchev–Trinajstić information content (AvgIpc) is 3.70. The van der Waals surface area contributed by atoms with Crippen LogP contribution in [0.25, 0.3) is 66.4 Å². The van der Waals surface area contributed by atoms with Gasteiger partial charge in [0.25, 0.3) is 0 Å². The molecule has 10 rings (SSSR count). The highest BCUT2D eigenvalue weighted by Crippen LogP contribution is 2.56. The van der Waals surface area contributed by atoms with Crippen molar-refractivity contribution in [1.29, 1.82) is 0 Å². The molecule has 0 amide bonds. The zero-order valence-electron chi connectivity index (χ0n) is 35.1. The smallest absolute Gasteiger partial charge is 0.218 e. The number of aromatic nitrogens is 4. The topological polar surface area (TPSA) is 25.1 Å². The third-order valence-corrected chi connectivity index (χ3v) is 14.0. The van der Waals surface area contributed by atoms with Crippen LogP contribution < -0.4 is 9.13 Å². The fraction of sp³-hybridized carbons (Fsp3) is 0.340. The van der Waals surface area contributed by atoms with Gasteiger partial charge in [0.1, 0.15) is 5.65 Å². The van der Waals surface area contributed by atoms with Crippen LogP contribution in [0, 0.1) is 5.41 Å². The molecule has 3 aromatic carbocycles. The maximum atomic E-state index is 6.14. The molecular formula is C53H56N4+2. The number of allylic oxidation sites excluding steroid dienone is 1. The Morgan fingerprint density at radius 1 is 0.737 bits per heavy atom. The molecule has 0 spiro atoms. The first kappa shape index (κ1) is 36.0. The van der Waals surface area contributed by atoms with E-state index < -0.39 is 0 Å². The Bertz CT molecular complexity index is 2930. The van der Waals surface area contributed by atoms with E-state index in [0.29, 0.717) is 0 Å². The van der Waals surface area contributed by atoms with Gasteiger partial charge in [-0.1, -0.05) is 91.8 Å². The van der Waals surface area contributed by atoms with Crippen molar-refractivity contribution < 1.29 is 9.13 Å². The molecular weight excluding hydrogens is 693 g/mol. The molecule has 0 N–H and O–H groups in total. The van der Waals surface area contributed by atoms with E-state index in [1.807, 2.05) is 0 Å². The van der Waals surface area contributed by atoms with Gasteiger partial charge < -0.3 is 0 Å². The second kappa shape index (κ2) is 12.3. The van der Waals surface area contributed by atoms with Gasteiger partial charge in [-0.3, -0.25) is 4.40 Å². The van der Waals surface area contributed by atoms with Crippen molar-refractivity contribution in [1.82, 2.24) is 9.38 Å². The summed E-state index contributed by atoms with van der Waals surface area (Å²) < 4.78 is 7.57. The lowest BCUT2D eigenvalue weighted by Gasteiger charge is -2.49. The second-order valence-electron chi connectivity index (χ2n) is 19.5. The number of para-hydroxylation sites is 1. The summed E-state index contributed by atoms with van der Waals surface area (Å²) in [7, 11) is 0. The molecule has 0 bridgehead atoms. The molecule has 2 aliphatic heterocycles. The number of nitrogens with zero attached hydrogens (tertiary/aromatic N) is 4. The maximum absolute atomic E-state index is 6.14. The molecule has 0 aliphatic carbocycles. The van der Waals surface area contributed by atoms with Crippen molar-refractivity contribution in [3.8, 4) is 22.5 Å². The van der Waals surface area contributed by atoms with E-state index in [0.717, 1.165) is 49.9 Å². The van der Waals surface area contributed by atoms with Gasteiger partial charge in [-0.15, -0.1) is 0 Å². The minimum absolute atomic E-state index is 0.000979. The van der Waals surface area contributed by atoms with E-state index in [1.54, 1.807) is 0 Å². The lowest BCUT2D eigenvalue weighted by atomic mass is 9.56. The molecule has 0 saturated heterocycles. The highest BCUT2D eigenvalue weighted by Gasteiger charge is 2.64. The highest BCUT2D eigenvalue weighted by molar-refractivity contribution is 6.23. The van der Waals surface area contributed by atoms with Crippen molar-refractivity contribution >= 4 is 43.9 Å². The summed E-state index contributed by atoms with van der Waals surface area (Å²) in [5, 5.41) is 5.16. The van der Waals surface area contributed by atoms with E-state index in [1.165, 1.54) is 77.5 Å². The minimum Gasteiger partial charge on any atom is -0.293 e. The lowest BCUT2D eigenvalue weighted by Crippen LogP contribution is -2.71. The summed E-state index contributed by atoms with van der Waals surface area (Å²) in [5.74, 6) is 0. The van der Waals surface area contributed by atoms with Gasteiger partial charge in [-0.25, -0.2) is 4.98 Å². The van der Waals surface area contributed by atoms with Crippen LogP contribution in [0.5, 0.6) is 0 Å². The second-order valence-corrected chi connectivity index (χ2v) is 19.5. The molecule has 0 fully saturated rings. The molecule has 57 heavy (non-hydrogen) atoms. The van der Waals surface area contributed by atoms with Crippen molar-refractivity contribution in [3.05, 3.63) is 138 Å². The fourth-order valence-corrected chi connectivity index (χ4v) is 11.3. The van der Waals surface area contributed by atoms with Gasteiger partial charge in [0.15, 0.2) is 23.6 Å². The first-order valence-corrected chi connectivity index (χ1v) is 21.2. The number of pyridine rings is 3. The van der Waals surface area contributed by atoms with E-state index in [-0.39, 0.29) is 21.8 Å². The Balaban J connectivity index is 1.35. The monoisotopic (exact) mass is 748 g/mol. The minimum atomic E-state index is -0.325. The molecule has 4 nitrogen and oxygen atoms in total. The molecule has 2 aliphatic rings. The average molecular weight is 749 g/mol. The molecule has 2 atom stereocenters. The van der Waals surface area contributed by atoms with Crippen LogP contribution >= 0.6 is 0 Å². The molecule has 0 saturated carbocycles. The van der Waals surface area contributed by atoms with Crippen molar-refractivity contribution in [2.75, 3.05) is 0 Å². The molecule has 286 valence electrons. The van der Waals surface area contributed by atoms with E-state index in [2.05, 4.69) is 178 Å². The first-order valence-electron chi connectivity index (χ1n) is 21.2. The highest BCUT2D eigenvalue weighted by atomic mass is 15.1. The number of hydrogen-bond donors (Lipinski definition) is 0. The van der Waals surface area contributed by atoms with Gasteiger partial charge in [0.2, 0.25) is 11.4 Å². The molecule has 7 heterocycles. The van der Waals surface area contributed by atoms with Crippen LogP contribution in [0.2, 0.25) is 0 Å². The number of fused-ring (bicyclic) bond motifs is 15. The Labute approximate surface area is 337 Å². The number of benzene rings is 3. The standard InChI is InChI=1S/C53H56N4/c1-10-52-25-23-36-18-12-13-19-38(36)44-21-16-17-26-55(44)34(3)32-53(52,11-2)56-27-24-35(33-50(4,5)6)28-46(56)43-31-42-41-30-37(51(7,8)9)29-40-39-20-14-15-22-45(39)57(47(40)41)49(42)54-48(43)52/h12-22,24,26-31H,3,10-11,23,25,32-33H2,1-2,4-9H3/q+2. The summed E-state index contributed by atoms with van der Waals surface area (Å²) in [6, 6.07) is 37.0. The van der Waals surface area contributed by atoms with Gasteiger partial charge >= 0.3 is 0 Å². The van der Waals surface area contributed by atoms with Crippen LogP contribution in [0.1, 0.15) is 103 Å². The van der Waals surface area contributed by atoms with E-state index >= 15 is 0 Å². The van der Waals surface area contributed by atoms with Gasteiger partial charge in [0, 0.05) is 57.8 Å². The van der Waals surface area contributed by atoms with Crippen LogP contribution in [-0.4, -0.2) is 9.38 Å². The zero-order valence-corrected chi connectivity index (χ0v) is 35.1. The fourth-order valence-electron chi connectivity index (χ4n) is 11.3. The van der Waals surface area contributed by atoms with Crippen LogP contribution in [0.15, 0.2) is 116 Å². The van der Waals surface area contributed by atoms with E-state index in [4.69, 9.17) is 11.6 Å². The number of aryl methyl sites for hydroxylation is 1. The van der Waals surface area contributed by atoms with E-state index in [9.17, 15) is 0 Å². The third kappa shape index (κ3) is 5.08. The summed E-state index contributed by atoms with van der Waals surface area (Å²) in [4.78, 5) is 6.14. The first-order chi connectivity index (χ1) is 27.3. The zero-order chi connectivity index (χ0) is 39.6. The van der Waals surface area contributed by atoms with Gasteiger partial charge in [0.05, 0.1) is 34.1 Å². The number of rotatable bonds is 3. The summed E-state index contributed by atoms with van der Waals surface area (Å²) >= 11 is 0. The van der Waals surface area contributed by atoms with Crippen LogP contribution in [0.4, 0.5) is 0 Å². The molecule has 5 aromatic heterocycles. The Morgan fingerprint density at radius 3 is 2.23 bits per heavy atom. The lowest BCUT2D eigenvalue weighted by molar-refractivity contribution is -0.771. The molecule has 8 aromatic rings. The molecule has 0 radical (unpaired) electrons. The van der Waals surface area contributed by atoms with Crippen molar-refractivity contribution in [2.45, 2.75) is 110 Å². The van der Waals surface area contributed by atoms with Crippen LogP contribution in [0.3, 0.4) is 0 Å². The van der Waals surface area contributed by atoms with Gasteiger partial charge in [-0.05, 0) is 96.2 Å². The SMILES string of the molecule is C=C1CC2(CC)[n+]3ccc(CC(C)(C)C)cc3-c3cc4c5cc(C(C)(C)C)cc6c7ccccc7n(c4nc3C2(CC)CCc2ccccc2-c2cccc[n+]21)c65. The molecule has 4 heteroatoms. The quantitative estimate of drug-likeness (QED) is 0.165. The predicted octanol–water partition coefficient (Wildman–Crippen LogP) is 12.3. The van der Waals surface area contributed by atoms with Gasteiger partial charge in [-0.2, -0.15) is 9.13 Å². The van der Waals surface area contributed by atoms with Crippen molar-refractivity contribution in [2.24, 2.45) is 5.41 Å². The number of hydrogen-bond acceptors (Lipinski definition) is 1. The summed E-state index contributed by atoms with van der Waals surface area (Å²) in [5.41, 5.74) is 14.7. The summed E-state index contributed by atoms with van der Waals surface area (Å²) in [6.07, 6.45) is 10.3. The van der Waals surface area contributed by atoms with Crippen molar-refractivity contribution in [3.63, 3.8) is 0 Å². The normalized spacial score (nSPS) is 19.8. The Hall–Kier alpha value is -5.35.